The van der Waals surface area contributed by atoms with Gasteiger partial charge in [0.25, 0.3) is 0 Å². The molecule has 0 unspecified atom stereocenters. The van der Waals surface area contributed by atoms with Crippen LogP contribution in [0.15, 0.2) is 47.6 Å². The first kappa shape index (κ1) is 17.6. The molecule has 0 aromatic heterocycles. The van der Waals surface area contributed by atoms with Gasteiger partial charge < -0.3 is 10.2 Å². The summed E-state index contributed by atoms with van der Waals surface area (Å²) in [5, 5.41) is 8.11. The van der Waals surface area contributed by atoms with Crippen LogP contribution in [0.2, 0.25) is 15.1 Å². The molecule has 0 heterocycles. The van der Waals surface area contributed by atoms with Crippen LogP contribution in [0.1, 0.15) is 12.0 Å². The molecule has 2 aromatic rings. The monoisotopic (exact) mass is 370 g/mol. The van der Waals surface area contributed by atoms with E-state index in [1.54, 1.807) is 42.5 Å². The van der Waals surface area contributed by atoms with Gasteiger partial charge in [-0.05, 0) is 36.4 Å². The molecule has 0 bridgehead atoms. The summed E-state index contributed by atoms with van der Waals surface area (Å²) >= 11 is 17.6. The summed E-state index contributed by atoms with van der Waals surface area (Å²) < 4.78 is 0. The summed E-state index contributed by atoms with van der Waals surface area (Å²) in [7, 11) is 0. The van der Waals surface area contributed by atoms with Gasteiger partial charge in [-0.1, -0.05) is 46.0 Å². The summed E-state index contributed by atoms with van der Waals surface area (Å²) in [6, 6.07) is 11.9. The molecule has 7 heteroatoms. The molecule has 0 fully saturated rings. The quantitative estimate of drug-likeness (QED) is 0.562. The number of carbonyl (C=O) groups is 1. The molecule has 1 amide bonds. The Morgan fingerprint density at radius 2 is 1.78 bits per heavy atom. The Balaban J connectivity index is 1.73. The zero-order valence-electron chi connectivity index (χ0n) is 11.9. The van der Waals surface area contributed by atoms with Crippen LogP contribution in [0, 0.1) is 0 Å². The number of rotatable bonds is 6. The van der Waals surface area contributed by atoms with E-state index < -0.39 is 0 Å². The van der Waals surface area contributed by atoms with E-state index in [1.807, 2.05) is 0 Å². The highest BCUT2D eigenvalue weighted by atomic mass is 35.5. The zero-order valence-corrected chi connectivity index (χ0v) is 14.2. The lowest BCUT2D eigenvalue weighted by Gasteiger charge is -2.04. The number of hydrogen-bond acceptors (Lipinski definition) is 3. The summed E-state index contributed by atoms with van der Waals surface area (Å²) in [6.07, 6.45) is 1.48. The van der Waals surface area contributed by atoms with Crippen molar-refractivity contribution >= 4 is 52.6 Å². The highest BCUT2D eigenvalue weighted by molar-refractivity contribution is 6.35. The van der Waals surface area contributed by atoms with Gasteiger partial charge in [-0.3, -0.25) is 4.79 Å². The molecular formula is C16H13Cl3N2O2. The molecule has 1 N–H and O–H groups in total. The van der Waals surface area contributed by atoms with Gasteiger partial charge in [0.2, 0.25) is 5.91 Å². The number of anilines is 1. The Morgan fingerprint density at radius 1 is 1.09 bits per heavy atom. The Hall–Kier alpha value is -1.75. The van der Waals surface area contributed by atoms with Gasteiger partial charge in [-0.15, -0.1) is 0 Å². The van der Waals surface area contributed by atoms with Crippen molar-refractivity contribution in [1.82, 2.24) is 0 Å². The molecule has 4 nitrogen and oxygen atoms in total. The zero-order chi connectivity index (χ0) is 16.7. The molecule has 0 saturated carbocycles. The number of amides is 1. The number of oxime groups is 1. The number of carbonyl (C=O) groups excluding carboxylic acids is 1. The van der Waals surface area contributed by atoms with Crippen molar-refractivity contribution in [3.8, 4) is 0 Å². The largest absolute Gasteiger partial charge is 0.391 e. The average Bonchev–Trinajstić information content (AvgIpc) is 2.51. The summed E-state index contributed by atoms with van der Waals surface area (Å²) in [5.41, 5.74) is 1.43. The summed E-state index contributed by atoms with van der Waals surface area (Å²) in [6.45, 7) is 0.200. The van der Waals surface area contributed by atoms with E-state index in [-0.39, 0.29) is 18.9 Å². The van der Waals surface area contributed by atoms with Gasteiger partial charge >= 0.3 is 0 Å². The second kappa shape index (κ2) is 8.77. The van der Waals surface area contributed by atoms with Crippen molar-refractivity contribution in [2.24, 2.45) is 5.16 Å². The Kier molecular flexibility index (Phi) is 6.71. The van der Waals surface area contributed by atoms with Gasteiger partial charge in [-0.2, -0.15) is 0 Å². The maximum Gasteiger partial charge on any atom is 0.229 e. The lowest BCUT2D eigenvalue weighted by molar-refractivity contribution is -0.115. The molecule has 23 heavy (non-hydrogen) atoms. The van der Waals surface area contributed by atoms with Gasteiger partial charge in [0.15, 0.2) is 0 Å². The normalized spacial score (nSPS) is 10.7. The van der Waals surface area contributed by atoms with Crippen molar-refractivity contribution in [2.75, 3.05) is 5.32 Å². The van der Waals surface area contributed by atoms with Crippen molar-refractivity contribution < 1.29 is 9.63 Å². The smallest absolute Gasteiger partial charge is 0.229 e. The van der Waals surface area contributed by atoms with Crippen molar-refractivity contribution in [3.63, 3.8) is 0 Å². The molecule has 0 aliphatic heterocycles. The molecular weight excluding hydrogens is 359 g/mol. The second-order valence-electron chi connectivity index (χ2n) is 4.56. The average molecular weight is 372 g/mol. The minimum absolute atomic E-state index is 0.0942. The minimum Gasteiger partial charge on any atom is -0.391 e. The molecule has 0 saturated heterocycles. The molecule has 2 aromatic carbocycles. The topological polar surface area (TPSA) is 50.7 Å². The van der Waals surface area contributed by atoms with Crippen LogP contribution in [-0.4, -0.2) is 12.1 Å². The number of benzene rings is 2. The molecule has 0 aliphatic carbocycles. The molecule has 0 atom stereocenters. The van der Waals surface area contributed by atoms with Gasteiger partial charge in [0.1, 0.15) is 6.61 Å². The fraction of sp³-hybridized carbons (Fsp3) is 0.125. The second-order valence-corrected chi connectivity index (χ2v) is 5.84. The van der Waals surface area contributed by atoms with E-state index in [0.717, 1.165) is 5.56 Å². The fourth-order valence-corrected chi connectivity index (χ4v) is 2.25. The summed E-state index contributed by atoms with van der Waals surface area (Å²) in [4.78, 5) is 16.8. The van der Waals surface area contributed by atoms with E-state index in [1.165, 1.54) is 6.21 Å². The maximum atomic E-state index is 11.7. The number of nitrogens with one attached hydrogen (secondary N) is 1. The van der Waals surface area contributed by atoms with E-state index in [9.17, 15) is 4.79 Å². The standard InChI is InChI=1S/C16H13Cl3N2O2/c17-12-3-5-14(6-4-12)21-16(22)7-8-20-23-10-11-1-2-13(18)9-15(11)19/h1-6,8-9H,7,10H2,(H,21,22)/b20-8-. The molecule has 120 valence electrons. The van der Waals surface area contributed by atoms with Crippen LogP contribution < -0.4 is 5.32 Å². The van der Waals surface area contributed by atoms with E-state index in [4.69, 9.17) is 39.6 Å². The van der Waals surface area contributed by atoms with Crippen molar-refractivity contribution in [2.45, 2.75) is 13.0 Å². The molecule has 0 radical (unpaired) electrons. The first-order valence-electron chi connectivity index (χ1n) is 6.68. The minimum atomic E-state index is -0.204. The highest BCUT2D eigenvalue weighted by Gasteiger charge is 2.02. The maximum absolute atomic E-state index is 11.7. The van der Waals surface area contributed by atoms with Crippen LogP contribution in [0.3, 0.4) is 0 Å². The van der Waals surface area contributed by atoms with Crippen LogP contribution >= 0.6 is 34.8 Å². The third kappa shape index (κ3) is 6.10. The van der Waals surface area contributed by atoms with Crippen LogP contribution in [0.25, 0.3) is 0 Å². The van der Waals surface area contributed by atoms with Crippen LogP contribution in [-0.2, 0) is 16.2 Å². The highest BCUT2D eigenvalue weighted by Crippen LogP contribution is 2.21. The van der Waals surface area contributed by atoms with Gasteiger partial charge in [0, 0.05) is 26.3 Å². The van der Waals surface area contributed by atoms with Gasteiger partial charge in [-0.25, -0.2) is 0 Å². The van der Waals surface area contributed by atoms with E-state index >= 15 is 0 Å². The van der Waals surface area contributed by atoms with Crippen molar-refractivity contribution in [3.05, 3.63) is 63.1 Å². The van der Waals surface area contributed by atoms with Crippen molar-refractivity contribution in [1.29, 1.82) is 0 Å². The Bertz CT molecular complexity index is 703. The Labute approximate surface area is 149 Å². The predicted octanol–water partition coefficient (Wildman–Crippen LogP) is 5.18. The van der Waals surface area contributed by atoms with E-state index in [2.05, 4.69) is 10.5 Å². The summed E-state index contributed by atoms with van der Waals surface area (Å²) in [5.74, 6) is -0.204. The molecule has 0 spiro atoms. The SMILES string of the molecule is O=C(C/C=N\OCc1ccc(Cl)cc1Cl)Nc1ccc(Cl)cc1. The lowest BCUT2D eigenvalue weighted by Crippen LogP contribution is -2.11. The first-order chi connectivity index (χ1) is 11.0. The number of hydrogen-bond donors (Lipinski definition) is 1. The lowest BCUT2D eigenvalue weighted by atomic mass is 10.2. The van der Waals surface area contributed by atoms with Crippen LogP contribution in [0.5, 0.6) is 0 Å². The molecule has 0 aliphatic rings. The third-order valence-corrected chi connectivity index (χ3v) is 3.63. The van der Waals surface area contributed by atoms with Crippen LogP contribution in [0.4, 0.5) is 5.69 Å². The number of nitrogens with zero attached hydrogens (tertiary/aromatic N) is 1. The first-order valence-corrected chi connectivity index (χ1v) is 7.81. The predicted molar refractivity (Wildman–Crippen MR) is 94.4 cm³/mol. The number of halogens is 3. The van der Waals surface area contributed by atoms with E-state index in [0.29, 0.717) is 20.8 Å². The molecule has 2 rings (SSSR count). The fourth-order valence-electron chi connectivity index (χ4n) is 1.66. The Morgan fingerprint density at radius 3 is 2.48 bits per heavy atom. The van der Waals surface area contributed by atoms with Gasteiger partial charge in [0.05, 0.1) is 12.6 Å². The third-order valence-electron chi connectivity index (χ3n) is 2.79.